The average molecular weight is 284 g/mol. The summed E-state index contributed by atoms with van der Waals surface area (Å²) in [5, 5.41) is 8.76. The fourth-order valence-corrected chi connectivity index (χ4v) is 3.56. The van der Waals surface area contributed by atoms with Crippen molar-refractivity contribution in [1.29, 1.82) is 0 Å². The van der Waals surface area contributed by atoms with Crippen LogP contribution in [0.1, 0.15) is 39.0 Å². The van der Waals surface area contributed by atoms with Gasteiger partial charge in [-0.05, 0) is 31.6 Å². The van der Waals surface area contributed by atoms with Crippen molar-refractivity contribution < 1.29 is 14.6 Å². The van der Waals surface area contributed by atoms with Crippen LogP contribution in [0.25, 0.3) is 0 Å². The number of carbonyl (C=O) groups excluding carboxylic acids is 1. The summed E-state index contributed by atoms with van der Waals surface area (Å²) in [6.07, 6.45) is 5.13. The van der Waals surface area contributed by atoms with Gasteiger partial charge in [0.2, 0.25) is 5.91 Å². The monoisotopic (exact) mass is 284 g/mol. The summed E-state index contributed by atoms with van der Waals surface area (Å²) >= 11 is 0. The number of piperidine rings is 1. The van der Waals surface area contributed by atoms with Gasteiger partial charge in [0, 0.05) is 19.1 Å². The first-order valence-corrected chi connectivity index (χ1v) is 7.90. The number of ether oxygens (including phenoxy) is 1. The van der Waals surface area contributed by atoms with Crippen LogP contribution in [0.5, 0.6) is 0 Å². The number of hydrogen-bond donors (Lipinski definition) is 2. The van der Waals surface area contributed by atoms with Crippen LogP contribution >= 0.6 is 0 Å². The van der Waals surface area contributed by atoms with Crippen LogP contribution in [0.4, 0.5) is 0 Å². The highest BCUT2D eigenvalue weighted by molar-refractivity contribution is 5.80. The molecule has 116 valence electrons. The highest BCUT2D eigenvalue weighted by Crippen LogP contribution is 2.31. The number of nitrogens with two attached hydrogens (primary N) is 1. The largest absolute Gasteiger partial charge is 0.394 e. The van der Waals surface area contributed by atoms with Crippen molar-refractivity contribution in [3.8, 4) is 0 Å². The zero-order valence-corrected chi connectivity index (χ0v) is 12.5. The Morgan fingerprint density at radius 2 is 2.00 bits per heavy atom. The van der Waals surface area contributed by atoms with Crippen LogP contribution < -0.4 is 5.73 Å². The Morgan fingerprint density at radius 3 is 2.60 bits per heavy atom. The van der Waals surface area contributed by atoms with E-state index in [0.29, 0.717) is 12.5 Å². The molecule has 0 spiro atoms. The molecule has 1 saturated heterocycles. The van der Waals surface area contributed by atoms with Gasteiger partial charge in [0.1, 0.15) is 0 Å². The van der Waals surface area contributed by atoms with Gasteiger partial charge in [-0.15, -0.1) is 0 Å². The molecule has 1 amide bonds. The van der Waals surface area contributed by atoms with Crippen LogP contribution in [0.3, 0.4) is 0 Å². The van der Waals surface area contributed by atoms with Gasteiger partial charge < -0.3 is 20.5 Å². The van der Waals surface area contributed by atoms with Gasteiger partial charge >= 0.3 is 0 Å². The number of hydrogen-bond acceptors (Lipinski definition) is 4. The van der Waals surface area contributed by atoms with E-state index in [-0.39, 0.29) is 30.6 Å². The van der Waals surface area contributed by atoms with E-state index in [4.69, 9.17) is 15.6 Å². The van der Waals surface area contributed by atoms with Gasteiger partial charge in [0.15, 0.2) is 0 Å². The van der Waals surface area contributed by atoms with Crippen molar-refractivity contribution in [2.75, 3.05) is 26.3 Å². The highest BCUT2D eigenvalue weighted by Gasteiger charge is 2.37. The molecule has 20 heavy (non-hydrogen) atoms. The summed E-state index contributed by atoms with van der Waals surface area (Å²) in [7, 11) is 0. The van der Waals surface area contributed by atoms with E-state index in [2.05, 4.69) is 6.92 Å². The van der Waals surface area contributed by atoms with E-state index in [1.807, 2.05) is 4.90 Å². The molecule has 0 aromatic rings. The lowest BCUT2D eigenvalue weighted by atomic mass is 9.76. The van der Waals surface area contributed by atoms with Gasteiger partial charge in [-0.1, -0.05) is 13.3 Å². The summed E-state index contributed by atoms with van der Waals surface area (Å²) < 4.78 is 5.54. The van der Waals surface area contributed by atoms with E-state index in [1.165, 1.54) is 0 Å². The summed E-state index contributed by atoms with van der Waals surface area (Å²) in [5.74, 6) is 0.638. The molecule has 1 heterocycles. The highest BCUT2D eigenvalue weighted by atomic mass is 16.5. The van der Waals surface area contributed by atoms with Crippen molar-refractivity contribution in [3.05, 3.63) is 0 Å². The first-order chi connectivity index (χ1) is 9.63. The van der Waals surface area contributed by atoms with Crippen molar-refractivity contribution >= 4 is 5.91 Å². The predicted molar refractivity (Wildman–Crippen MR) is 77.1 cm³/mol. The maximum absolute atomic E-state index is 12.7. The molecule has 5 nitrogen and oxygen atoms in total. The van der Waals surface area contributed by atoms with Crippen molar-refractivity contribution in [1.82, 2.24) is 4.90 Å². The smallest absolute Gasteiger partial charge is 0.227 e. The minimum Gasteiger partial charge on any atom is -0.394 e. The number of carbonyl (C=O) groups is 1. The molecule has 2 aliphatic rings. The lowest BCUT2D eigenvalue weighted by molar-refractivity contribution is -0.141. The van der Waals surface area contributed by atoms with E-state index in [1.54, 1.807) is 0 Å². The first-order valence-electron chi connectivity index (χ1n) is 7.90. The van der Waals surface area contributed by atoms with Gasteiger partial charge in [-0.25, -0.2) is 0 Å². The fraction of sp³-hybridized carbons (Fsp3) is 0.933. The first kappa shape index (κ1) is 15.7. The molecule has 1 aliphatic heterocycles. The maximum Gasteiger partial charge on any atom is 0.227 e. The Balaban J connectivity index is 1.84. The normalized spacial score (nSPS) is 32.4. The predicted octanol–water partition coefficient (Wildman–Crippen LogP) is 0.750. The molecule has 2 rings (SSSR count). The standard InChI is InChI=1S/C15H28N2O3/c1-11-3-2-4-13(16)14(11)15(19)17-7-5-12(6-8-17)20-10-9-18/h11-14,18H,2-10,16H2,1H3. The second-order valence-electron chi connectivity index (χ2n) is 6.22. The molecule has 0 radical (unpaired) electrons. The van der Waals surface area contributed by atoms with Gasteiger partial charge in [-0.3, -0.25) is 4.79 Å². The number of likely N-dealkylation sites (tertiary alicyclic amines) is 1. The molecule has 0 aromatic carbocycles. The lowest BCUT2D eigenvalue weighted by Gasteiger charge is -2.39. The Bertz CT molecular complexity index is 306. The minimum atomic E-state index is -0.00124. The molecule has 0 aromatic heterocycles. The van der Waals surface area contributed by atoms with E-state index in [0.717, 1.165) is 45.2 Å². The summed E-state index contributed by atoms with van der Waals surface area (Å²) in [5.41, 5.74) is 6.17. The van der Waals surface area contributed by atoms with Crippen LogP contribution in [0.2, 0.25) is 0 Å². The van der Waals surface area contributed by atoms with Crippen LogP contribution in [-0.4, -0.2) is 54.4 Å². The Hall–Kier alpha value is -0.650. The van der Waals surface area contributed by atoms with Crippen molar-refractivity contribution in [2.45, 2.75) is 51.2 Å². The number of amides is 1. The number of nitrogens with zero attached hydrogens (tertiary/aromatic N) is 1. The van der Waals surface area contributed by atoms with E-state index < -0.39 is 0 Å². The van der Waals surface area contributed by atoms with Crippen LogP contribution in [-0.2, 0) is 9.53 Å². The third-order valence-electron chi connectivity index (χ3n) is 4.75. The van der Waals surface area contributed by atoms with Gasteiger partial charge in [0.05, 0.1) is 25.2 Å². The zero-order chi connectivity index (χ0) is 14.5. The summed E-state index contributed by atoms with van der Waals surface area (Å²) in [6, 6.07) is 0.0228. The third-order valence-corrected chi connectivity index (χ3v) is 4.75. The van der Waals surface area contributed by atoms with Gasteiger partial charge in [0.25, 0.3) is 0 Å². The van der Waals surface area contributed by atoms with Crippen molar-refractivity contribution in [3.63, 3.8) is 0 Å². The molecule has 2 fully saturated rings. The Morgan fingerprint density at radius 1 is 1.30 bits per heavy atom. The third kappa shape index (κ3) is 3.71. The quantitative estimate of drug-likeness (QED) is 0.799. The summed E-state index contributed by atoms with van der Waals surface area (Å²) in [6.45, 7) is 4.12. The lowest BCUT2D eigenvalue weighted by Crippen LogP contribution is -2.51. The fourth-order valence-electron chi connectivity index (χ4n) is 3.56. The second-order valence-corrected chi connectivity index (χ2v) is 6.22. The summed E-state index contributed by atoms with van der Waals surface area (Å²) in [4.78, 5) is 14.6. The zero-order valence-electron chi connectivity index (χ0n) is 12.5. The van der Waals surface area contributed by atoms with Crippen molar-refractivity contribution in [2.24, 2.45) is 17.6 Å². The average Bonchev–Trinajstić information content (AvgIpc) is 2.45. The number of rotatable bonds is 4. The molecule has 3 unspecified atom stereocenters. The topological polar surface area (TPSA) is 75.8 Å². The number of aliphatic hydroxyl groups is 1. The second kappa shape index (κ2) is 7.38. The van der Waals surface area contributed by atoms with E-state index >= 15 is 0 Å². The molecule has 1 saturated carbocycles. The molecule has 3 N–H and O–H groups in total. The maximum atomic E-state index is 12.7. The Labute approximate surface area is 121 Å². The van der Waals surface area contributed by atoms with E-state index in [9.17, 15) is 4.79 Å². The number of aliphatic hydroxyl groups excluding tert-OH is 1. The van der Waals surface area contributed by atoms with Crippen LogP contribution in [0, 0.1) is 11.8 Å². The molecular formula is C15H28N2O3. The SMILES string of the molecule is CC1CCCC(N)C1C(=O)N1CCC(OCCO)CC1. The van der Waals surface area contributed by atoms with Crippen LogP contribution in [0.15, 0.2) is 0 Å². The molecule has 0 bridgehead atoms. The molecule has 1 aliphatic carbocycles. The molecule has 3 atom stereocenters. The molecular weight excluding hydrogens is 256 g/mol. The van der Waals surface area contributed by atoms with Gasteiger partial charge in [-0.2, -0.15) is 0 Å². The minimum absolute atomic E-state index is 0.00124. The Kier molecular flexibility index (Phi) is 5.81. The molecule has 5 heteroatoms.